The quantitative estimate of drug-likeness (QED) is 0.771. The van der Waals surface area contributed by atoms with Crippen molar-refractivity contribution in [2.24, 2.45) is 0 Å². The number of nitrogens with zero attached hydrogens (tertiary/aromatic N) is 2. The first-order chi connectivity index (χ1) is 11.8. The van der Waals surface area contributed by atoms with Crippen molar-refractivity contribution in [3.8, 4) is 11.5 Å². The van der Waals surface area contributed by atoms with Gasteiger partial charge in [0.25, 0.3) is 0 Å². The first-order valence-electron chi connectivity index (χ1n) is 7.95. The zero-order chi connectivity index (χ0) is 16.4. The number of fused-ring (bicyclic) bond motifs is 2. The average molecular weight is 322 g/mol. The van der Waals surface area contributed by atoms with Gasteiger partial charge in [0, 0.05) is 23.9 Å². The first-order valence-corrected chi connectivity index (χ1v) is 7.95. The van der Waals surface area contributed by atoms with Gasteiger partial charge in [0.1, 0.15) is 5.82 Å². The van der Waals surface area contributed by atoms with E-state index in [1.54, 1.807) is 0 Å². The van der Waals surface area contributed by atoms with E-state index in [0.717, 1.165) is 34.4 Å². The Labute approximate surface area is 139 Å². The molecule has 1 aliphatic rings. The molecule has 2 aromatic carbocycles. The van der Waals surface area contributed by atoms with Crippen molar-refractivity contribution in [1.29, 1.82) is 0 Å². The summed E-state index contributed by atoms with van der Waals surface area (Å²) >= 11 is 0. The van der Waals surface area contributed by atoms with E-state index in [1.807, 2.05) is 42.5 Å². The molecule has 3 N–H and O–H groups in total. The summed E-state index contributed by atoms with van der Waals surface area (Å²) in [6.07, 6.45) is 0.881. The molecule has 0 fully saturated rings. The number of ether oxygens (including phenoxy) is 2. The van der Waals surface area contributed by atoms with E-state index in [-0.39, 0.29) is 0 Å². The van der Waals surface area contributed by atoms with Gasteiger partial charge in [-0.3, -0.25) is 0 Å². The number of hydrogen-bond donors (Lipinski definition) is 2. The van der Waals surface area contributed by atoms with Crippen LogP contribution in [0.1, 0.15) is 12.0 Å². The molecule has 0 radical (unpaired) electrons. The highest BCUT2D eigenvalue weighted by molar-refractivity contribution is 5.88. The summed E-state index contributed by atoms with van der Waals surface area (Å²) in [5.74, 6) is 2.54. The summed E-state index contributed by atoms with van der Waals surface area (Å²) in [4.78, 5) is 8.84. The maximum atomic E-state index is 6.02. The zero-order valence-corrected chi connectivity index (χ0v) is 13.2. The highest BCUT2D eigenvalue weighted by Crippen LogP contribution is 2.33. The van der Waals surface area contributed by atoms with Crippen molar-refractivity contribution in [3.63, 3.8) is 0 Å². The Balaban J connectivity index is 1.59. The molecule has 0 atom stereocenters. The summed E-state index contributed by atoms with van der Waals surface area (Å²) < 4.78 is 11.5. The molecule has 6 nitrogen and oxygen atoms in total. The molecule has 24 heavy (non-hydrogen) atoms. The van der Waals surface area contributed by atoms with E-state index >= 15 is 0 Å². The molecule has 0 aliphatic carbocycles. The third-order valence-electron chi connectivity index (χ3n) is 3.92. The number of benzene rings is 2. The van der Waals surface area contributed by atoms with Crippen LogP contribution >= 0.6 is 0 Å². The number of nitrogens with one attached hydrogen (secondary N) is 1. The van der Waals surface area contributed by atoms with Crippen molar-refractivity contribution in [1.82, 2.24) is 9.97 Å². The minimum absolute atomic E-state index is 0.467. The van der Waals surface area contributed by atoms with Gasteiger partial charge in [0.2, 0.25) is 5.95 Å². The van der Waals surface area contributed by atoms with Gasteiger partial charge in [-0.05, 0) is 18.2 Å². The van der Waals surface area contributed by atoms with E-state index in [4.69, 9.17) is 15.2 Å². The molecule has 0 amide bonds. The molecule has 0 unspecified atom stereocenters. The van der Waals surface area contributed by atoms with Gasteiger partial charge < -0.3 is 20.5 Å². The third-order valence-corrected chi connectivity index (χ3v) is 3.92. The fourth-order valence-electron chi connectivity index (χ4n) is 2.75. The molecule has 0 saturated heterocycles. The van der Waals surface area contributed by atoms with Crippen molar-refractivity contribution in [2.75, 3.05) is 24.3 Å². The Bertz CT molecular complexity index is 882. The standard InChI is InChI=1S/C18H18N4O2/c19-17-13-6-1-2-7-14(13)21-18(22-17)20-11-12-5-3-8-15-16(12)24-10-4-9-23-15/h1-3,5-8H,4,9-11H2,(H3,19,20,21,22). The minimum Gasteiger partial charge on any atom is -0.490 e. The van der Waals surface area contributed by atoms with Crippen molar-refractivity contribution < 1.29 is 9.47 Å². The smallest absolute Gasteiger partial charge is 0.225 e. The van der Waals surface area contributed by atoms with E-state index in [0.29, 0.717) is 31.5 Å². The average Bonchev–Trinajstić information content (AvgIpc) is 2.86. The fourth-order valence-corrected chi connectivity index (χ4v) is 2.75. The van der Waals surface area contributed by atoms with Gasteiger partial charge in [0.05, 0.1) is 18.7 Å². The maximum absolute atomic E-state index is 6.02. The van der Waals surface area contributed by atoms with Crippen LogP contribution in [0.5, 0.6) is 11.5 Å². The van der Waals surface area contributed by atoms with Crippen LogP contribution in [-0.4, -0.2) is 23.2 Å². The van der Waals surface area contributed by atoms with Crippen molar-refractivity contribution >= 4 is 22.7 Å². The SMILES string of the molecule is Nc1nc(NCc2cccc3c2OCCCO3)nc2ccccc12. The van der Waals surface area contributed by atoms with Crippen LogP contribution in [0.4, 0.5) is 11.8 Å². The van der Waals surface area contributed by atoms with Crippen molar-refractivity contribution in [2.45, 2.75) is 13.0 Å². The minimum atomic E-state index is 0.467. The Morgan fingerprint density at radius 2 is 1.88 bits per heavy atom. The summed E-state index contributed by atoms with van der Waals surface area (Å²) in [5, 5.41) is 4.08. The lowest BCUT2D eigenvalue weighted by Crippen LogP contribution is -2.07. The molecule has 2 heterocycles. The Hall–Kier alpha value is -3.02. The first kappa shape index (κ1) is 14.6. The highest BCUT2D eigenvalue weighted by Gasteiger charge is 2.14. The summed E-state index contributed by atoms with van der Waals surface area (Å²) in [7, 11) is 0. The Morgan fingerprint density at radius 1 is 1.00 bits per heavy atom. The van der Waals surface area contributed by atoms with Crippen LogP contribution < -0.4 is 20.5 Å². The molecule has 3 aromatic rings. The van der Waals surface area contributed by atoms with Crippen LogP contribution in [-0.2, 0) is 6.54 Å². The predicted octanol–water partition coefficient (Wildman–Crippen LogP) is 2.99. The van der Waals surface area contributed by atoms with Crippen LogP contribution in [0, 0.1) is 0 Å². The molecule has 6 heteroatoms. The summed E-state index contributed by atoms with van der Waals surface area (Å²) in [6, 6.07) is 13.6. The molecular formula is C18H18N4O2. The van der Waals surface area contributed by atoms with Crippen LogP contribution in [0.25, 0.3) is 10.9 Å². The van der Waals surface area contributed by atoms with E-state index in [2.05, 4.69) is 15.3 Å². The molecule has 0 bridgehead atoms. The second-order valence-electron chi connectivity index (χ2n) is 5.60. The van der Waals surface area contributed by atoms with E-state index < -0.39 is 0 Å². The van der Waals surface area contributed by atoms with Gasteiger partial charge in [-0.15, -0.1) is 0 Å². The van der Waals surface area contributed by atoms with Gasteiger partial charge in [0.15, 0.2) is 11.5 Å². The number of hydrogen-bond acceptors (Lipinski definition) is 6. The van der Waals surface area contributed by atoms with Gasteiger partial charge >= 0.3 is 0 Å². The molecule has 122 valence electrons. The van der Waals surface area contributed by atoms with Crippen LogP contribution in [0.3, 0.4) is 0 Å². The molecule has 1 aromatic heterocycles. The lowest BCUT2D eigenvalue weighted by Gasteiger charge is -2.13. The van der Waals surface area contributed by atoms with E-state index in [1.165, 1.54) is 0 Å². The second kappa shape index (κ2) is 6.23. The topological polar surface area (TPSA) is 82.3 Å². The maximum Gasteiger partial charge on any atom is 0.225 e. The van der Waals surface area contributed by atoms with Crippen molar-refractivity contribution in [3.05, 3.63) is 48.0 Å². The highest BCUT2D eigenvalue weighted by atomic mass is 16.5. The molecular weight excluding hydrogens is 304 g/mol. The van der Waals surface area contributed by atoms with Gasteiger partial charge in [-0.1, -0.05) is 24.3 Å². The van der Waals surface area contributed by atoms with E-state index in [9.17, 15) is 0 Å². The summed E-state index contributed by atoms with van der Waals surface area (Å²) in [6.45, 7) is 1.86. The second-order valence-corrected chi connectivity index (χ2v) is 5.60. The largest absolute Gasteiger partial charge is 0.490 e. The van der Waals surface area contributed by atoms with Crippen LogP contribution in [0.2, 0.25) is 0 Å². The fraction of sp³-hybridized carbons (Fsp3) is 0.222. The van der Waals surface area contributed by atoms with Crippen LogP contribution in [0.15, 0.2) is 42.5 Å². The zero-order valence-electron chi connectivity index (χ0n) is 13.2. The number of anilines is 2. The monoisotopic (exact) mass is 322 g/mol. The normalized spacial score (nSPS) is 13.5. The number of nitrogen functional groups attached to an aromatic ring is 1. The molecule has 0 saturated carbocycles. The molecule has 0 spiro atoms. The lowest BCUT2D eigenvalue weighted by molar-refractivity contribution is 0.296. The summed E-state index contributed by atoms with van der Waals surface area (Å²) in [5.41, 5.74) is 7.84. The number of para-hydroxylation sites is 2. The molecule has 4 rings (SSSR count). The van der Waals surface area contributed by atoms with Gasteiger partial charge in [-0.2, -0.15) is 4.98 Å². The Morgan fingerprint density at radius 3 is 2.83 bits per heavy atom. The molecule has 1 aliphatic heterocycles. The predicted molar refractivity (Wildman–Crippen MR) is 93.3 cm³/mol. The number of aromatic nitrogens is 2. The number of nitrogens with two attached hydrogens (primary N) is 1. The third kappa shape index (κ3) is 2.78. The lowest BCUT2D eigenvalue weighted by atomic mass is 10.2. The Kier molecular flexibility index (Phi) is 3.78. The van der Waals surface area contributed by atoms with Gasteiger partial charge in [-0.25, -0.2) is 4.98 Å². The number of rotatable bonds is 3.